The van der Waals surface area contributed by atoms with Gasteiger partial charge in [0.2, 0.25) is 0 Å². The minimum atomic E-state index is -3.01. The van der Waals surface area contributed by atoms with Crippen molar-refractivity contribution in [3.05, 3.63) is 23.8 Å². The molecule has 18 heavy (non-hydrogen) atoms. The molecule has 1 fully saturated rings. The summed E-state index contributed by atoms with van der Waals surface area (Å²) in [6.07, 6.45) is 0.447. The maximum absolute atomic E-state index is 11.9. The summed E-state index contributed by atoms with van der Waals surface area (Å²) in [5, 5.41) is 2.67. The van der Waals surface area contributed by atoms with Crippen molar-refractivity contribution in [1.29, 1.82) is 0 Å². The number of sulfone groups is 1. The van der Waals surface area contributed by atoms with Crippen LogP contribution in [0.5, 0.6) is 0 Å². The van der Waals surface area contributed by atoms with E-state index in [0.29, 0.717) is 17.7 Å². The van der Waals surface area contributed by atoms with E-state index in [1.165, 1.54) is 12.1 Å². The molecule has 0 spiro atoms. The van der Waals surface area contributed by atoms with E-state index in [1.54, 1.807) is 6.07 Å². The largest absolute Gasteiger partial charge is 0.399 e. The molecular weight excluding hydrogens is 254 g/mol. The van der Waals surface area contributed by atoms with Crippen molar-refractivity contribution in [2.24, 2.45) is 0 Å². The van der Waals surface area contributed by atoms with Gasteiger partial charge in [-0.05, 0) is 24.6 Å². The molecule has 2 rings (SSSR count). The molecule has 1 amide bonds. The fourth-order valence-electron chi connectivity index (χ4n) is 1.96. The first-order valence-corrected chi connectivity index (χ1v) is 7.36. The lowest BCUT2D eigenvalue weighted by Crippen LogP contribution is -2.35. The Bertz CT molecular complexity index is 583. The lowest BCUT2D eigenvalue weighted by Gasteiger charge is -2.12. The van der Waals surface area contributed by atoms with Crippen molar-refractivity contribution in [2.45, 2.75) is 12.5 Å². The molecule has 0 bridgehead atoms. The first kappa shape index (κ1) is 12.7. The zero-order valence-electron chi connectivity index (χ0n) is 9.72. The van der Waals surface area contributed by atoms with Gasteiger partial charge >= 0.3 is 0 Å². The number of nitrogen functional groups attached to an aromatic ring is 2. The first-order chi connectivity index (χ1) is 8.37. The third kappa shape index (κ3) is 2.73. The van der Waals surface area contributed by atoms with Crippen LogP contribution in [0, 0.1) is 0 Å². The Hall–Kier alpha value is -1.76. The van der Waals surface area contributed by atoms with Gasteiger partial charge < -0.3 is 16.8 Å². The summed E-state index contributed by atoms with van der Waals surface area (Å²) < 4.78 is 22.6. The maximum atomic E-state index is 11.9. The van der Waals surface area contributed by atoms with Crippen molar-refractivity contribution < 1.29 is 13.2 Å². The average Bonchev–Trinajstić information content (AvgIpc) is 2.57. The highest BCUT2D eigenvalue weighted by molar-refractivity contribution is 7.91. The van der Waals surface area contributed by atoms with Crippen molar-refractivity contribution in [3.63, 3.8) is 0 Å². The predicted octanol–water partition coefficient (Wildman–Crippen LogP) is -0.232. The smallest absolute Gasteiger partial charge is 0.253 e. The van der Waals surface area contributed by atoms with E-state index in [2.05, 4.69) is 5.32 Å². The van der Waals surface area contributed by atoms with E-state index in [0.717, 1.165) is 0 Å². The third-order valence-electron chi connectivity index (χ3n) is 2.89. The molecule has 1 aromatic rings. The Kier molecular flexibility index (Phi) is 3.16. The van der Waals surface area contributed by atoms with Crippen LogP contribution < -0.4 is 16.8 Å². The number of rotatable bonds is 2. The van der Waals surface area contributed by atoms with Crippen molar-refractivity contribution in [1.82, 2.24) is 5.32 Å². The second kappa shape index (κ2) is 4.49. The van der Waals surface area contributed by atoms with Gasteiger partial charge in [0.05, 0.1) is 17.1 Å². The van der Waals surface area contributed by atoms with E-state index in [9.17, 15) is 13.2 Å². The summed E-state index contributed by atoms with van der Waals surface area (Å²) in [5.41, 5.74) is 12.3. The summed E-state index contributed by atoms with van der Waals surface area (Å²) in [7, 11) is -3.01. The van der Waals surface area contributed by atoms with Gasteiger partial charge in [0.25, 0.3) is 5.91 Å². The van der Waals surface area contributed by atoms with Crippen LogP contribution in [0.3, 0.4) is 0 Å². The number of carbonyl (C=O) groups is 1. The van der Waals surface area contributed by atoms with Gasteiger partial charge in [-0.1, -0.05) is 0 Å². The van der Waals surface area contributed by atoms with Crippen molar-refractivity contribution in [2.75, 3.05) is 23.0 Å². The van der Waals surface area contributed by atoms with Crippen molar-refractivity contribution >= 4 is 27.1 Å². The van der Waals surface area contributed by atoms with Crippen LogP contribution in [0.2, 0.25) is 0 Å². The van der Waals surface area contributed by atoms with E-state index in [4.69, 9.17) is 11.5 Å². The molecule has 6 nitrogen and oxygen atoms in total. The SMILES string of the molecule is Nc1ccc(C(=O)NC2CCS(=O)(=O)C2)c(N)c1. The lowest BCUT2D eigenvalue weighted by molar-refractivity contribution is 0.0942. The molecule has 1 aromatic carbocycles. The summed E-state index contributed by atoms with van der Waals surface area (Å²) in [5.74, 6) is -0.252. The van der Waals surface area contributed by atoms with Crippen LogP contribution in [-0.2, 0) is 9.84 Å². The topological polar surface area (TPSA) is 115 Å². The highest BCUT2D eigenvalue weighted by atomic mass is 32.2. The van der Waals surface area contributed by atoms with E-state index in [1.807, 2.05) is 0 Å². The predicted molar refractivity (Wildman–Crippen MR) is 69.8 cm³/mol. The van der Waals surface area contributed by atoms with Gasteiger partial charge in [-0.2, -0.15) is 0 Å². The molecule has 1 saturated heterocycles. The number of carbonyl (C=O) groups excluding carboxylic acids is 1. The normalized spacial score (nSPS) is 21.7. The summed E-state index contributed by atoms with van der Waals surface area (Å²) in [6, 6.07) is 4.28. The number of anilines is 2. The maximum Gasteiger partial charge on any atom is 0.253 e. The van der Waals surface area contributed by atoms with Gasteiger partial charge in [0, 0.05) is 17.4 Å². The summed E-state index contributed by atoms with van der Waals surface area (Å²) in [4.78, 5) is 11.9. The van der Waals surface area contributed by atoms with E-state index >= 15 is 0 Å². The van der Waals surface area contributed by atoms with Crippen LogP contribution in [0.1, 0.15) is 16.8 Å². The standard InChI is InChI=1S/C11H15N3O3S/c12-7-1-2-9(10(13)5-7)11(15)14-8-3-4-18(16,17)6-8/h1-2,5,8H,3-4,6,12-13H2,(H,14,15). The molecular formula is C11H15N3O3S. The minimum absolute atomic E-state index is 0.00633. The zero-order chi connectivity index (χ0) is 13.3. The quantitative estimate of drug-likeness (QED) is 0.641. The Morgan fingerprint density at radius 2 is 2.06 bits per heavy atom. The number of hydrogen-bond acceptors (Lipinski definition) is 5. The number of amides is 1. The van der Waals surface area contributed by atoms with Gasteiger partial charge in [0.1, 0.15) is 0 Å². The van der Waals surface area contributed by atoms with Crippen LogP contribution in [0.15, 0.2) is 18.2 Å². The van der Waals surface area contributed by atoms with Gasteiger partial charge in [-0.3, -0.25) is 4.79 Å². The molecule has 5 N–H and O–H groups in total. The average molecular weight is 269 g/mol. The van der Waals surface area contributed by atoms with Crippen LogP contribution in [0.4, 0.5) is 11.4 Å². The van der Waals surface area contributed by atoms with Gasteiger partial charge in [-0.15, -0.1) is 0 Å². The molecule has 1 unspecified atom stereocenters. The van der Waals surface area contributed by atoms with Crippen molar-refractivity contribution in [3.8, 4) is 0 Å². The van der Waals surface area contributed by atoms with E-state index < -0.39 is 9.84 Å². The monoisotopic (exact) mass is 269 g/mol. The second-order valence-corrected chi connectivity index (χ2v) is 6.65. The lowest BCUT2D eigenvalue weighted by atomic mass is 10.1. The number of nitrogens with two attached hydrogens (primary N) is 2. The molecule has 98 valence electrons. The Morgan fingerprint density at radius 1 is 1.33 bits per heavy atom. The Labute approximate surface area is 105 Å². The number of nitrogens with one attached hydrogen (secondary N) is 1. The summed E-state index contributed by atoms with van der Waals surface area (Å²) >= 11 is 0. The second-order valence-electron chi connectivity index (χ2n) is 4.42. The molecule has 1 aliphatic rings. The molecule has 0 aliphatic carbocycles. The molecule has 0 aromatic heterocycles. The van der Waals surface area contributed by atoms with Crippen LogP contribution in [0.25, 0.3) is 0 Å². The molecule has 0 radical (unpaired) electrons. The first-order valence-electron chi connectivity index (χ1n) is 5.54. The number of benzene rings is 1. The Balaban J connectivity index is 2.09. The summed E-state index contributed by atoms with van der Waals surface area (Å²) in [6.45, 7) is 0. The highest BCUT2D eigenvalue weighted by Crippen LogP contribution is 2.17. The fraction of sp³-hybridized carbons (Fsp3) is 0.364. The van der Waals surface area contributed by atoms with Crippen LogP contribution in [-0.4, -0.2) is 31.9 Å². The number of hydrogen-bond donors (Lipinski definition) is 3. The minimum Gasteiger partial charge on any atom is -0.399 e. The molecule has 1 aliphatic heterocycles. The molecule has 1 heterocycles. The fourth-order valence-corrected chi connectivity index (χ4v) is 3.63. The third-order valence-corrected chi connectivity index (χ3v) is 4.66. The van der Waals surface area contributed by atoms with Gasteiger partial charge in [0.15, 0.2) is 9.84 Å². The van der Waals surface area contributed by atoms with E-state index in [-0.39, 0.29) is 29.1 Å². The molecule has 1 atom stereocenters. The Morgan fingerprint density at radius 3 is 2.61 bits per heavy atom. The van der Waals surface area contributed by atoms with Crippen LogP contribution >= 0.6 is 0 Å². The zero-order valence-corrected chi connectivity index (χ0v) is 10.5. The molecule has 0 saturated carbocycles. The molecule has 7 heteroatoms. The van der Waals surface area contributed by atoms with Gasteiger partial charge in [-0.25, -0.2) is 8.42 Å². The highest BCUT2D eigenvalue weighted by Gasteiger charge is 2.29.